The summed E-state index contributed by atoms with van der Waals surface area (Å²) < 4.78 is 4.10. The molecule has 4 heterocycles. The second kappa shape index (κ2) is 7.62. The Bertz CT molecular complexity index is 1430. The maximum atomic E-state index is 13.5. The predicted molar refractivity (Wildman–Crippen MR) is 129 cm³/mol. The number of nitrogens with zero attached hydrogens (tertiary/aromatic N) is 7. The van der Waals surface area contributed by atoms with Gasteiger partial charge in [0.15, 0.2) is 5.82 Å². The molecular weight excluding hydrogens is 426 g/mol. The third-order valence-corrected chi connectivity index (χ3v) is 6.72. The first-order valence-corrected chi connectivity index (χ1v) is 11.8. The quantitative estimate of drug-likeness (QED) is 0.435. The monoisotopic (exact) mass is 453 g/mol. The molecule has 3 aromatic heterocycles. The lowest BCUT2D eigenvalue weighted by Gasteiger charge is -2.16. The minimum absolute atomic E-state index is 0.0371. The maximum absolute atomic E-state index is 13.5. The number of imidazole rings is 1. The number of hydrogen-bond donors (Lipinski definition) is 0. The minimum Gasteiger partial charge on any atom is -0.307 e. The Balaban J connectivity index is 1.34. The molecule has 172 valence electrons. The van der Waals surface area contributed by atoms with Crippen LogP contribution in [0.15, 0.2) is 42.9 Å². The van der Waals surface area contributed by atoms with E-state index in [0.717, 1.165) is 33.9 Å². The van der Waals surface area contributed by atoms with E-state index >= 15 is 0 Å². The topological polar surface area (TPSA) is 81.7 Å². The number of carbonyl (C=O) groups is 1. The van der Waals surface area contributed by atoms with Crippen molar-refractivity contribution in [3.05, 3.63) is 71.1 Å². The molecule has 0 bridgehead atoms. The summed E-state index contributed by atoms with van der Waals surface area (Å²) in [6.45, 7) is 8.71. The Morgan fingerprint density at radius 2 is 1.91 bits per heavy atom. The van der Waals surface area contributed by atoms with Crippen LogP contribution < -0.4 is 4.90 Å². The summed E-state index contributed by atoms with van der Waals surface area (Å²) >= 11 is 0. The molecule has 0 spiro atoms. The Hall–Kier alpha value is -3.81. The fourth-order valence-corrected chi connectivity index (χ4v) is 4.86. The van der Waals surface area contributed by atoms with Crippen molar-refractivity contribution in [1.29, 1.82) is 0 Å². The molecule has 6 rings (SSSR count). The van der Waals surface area contributed by atoms with Crippen molar-refractivity contribution in [2.45, 2.75) is 59.0 Å². The minimum atomic E-state index is -0.0371. The number of aryl methyl sites for hydroxylation is 2. The average Bonchev–Trinajstić information content (AvgIpc) is 3.27. The van der Waals surface area contributed by atoms with Gasteiger partial charge in [0, 0.05) is 23.7 Å². The van der Waals surface area contributed by atoms with E-state index in [1.165, 1.54) is 12.8 Å². The molecule has 1 saturated carbocycles. The van der Waals surface area contributed by atoms with Crippen LogP contribution in [0.5, 0.6) is 0 Å². The second-order valence-corrected chi connectivity index (χ2v) is 9.58. The molecule has 8 nitrogen and oxygen atoms in total. The summed E-state index contributed by atoms with van der Waals surface area (Å²) in [6, 6.07) is 10.0. The van der Waals surface area contributed by atoms with Gasteiger partial charge in [-0.05, 0) is 69.9 Å². The van der Waals surface area contributed by atoms with Gasteiger partial charge in [0.05, 0.1) is 24.3 Å². The van der Waals surface area contributed by atoms with Gasteiger partial charge in [-0.25, -0.2) is 9.97 Å². The van der Waals surface area contributed by atoms with Gasteiger partial charge in [-0.15, -0.1) is 10.2 Å². The van der Waals surface area contributed by atoms with Crippen molar-refractivity contribution in [2.24, 2.45) is 0 Å². The van der Waals surface area contributed by atoms with Crippen LogP contribution in [0.2, 0.25) is 0 Å². The van der Waals surface area contributed by atoms with Crippen molar-refractivity contribution in [2.75, 3.05) is 4.90 Å². The van der Waals surface area contributed by atoms with Crippen LogP contribution in [0.3, 0.4) is 0 Å². The molecule has 0 atom stereocenters. The highest BCUT2D eigenvalue weighted by atomic mass is 16.2. The van der Waals surface area contributed by atoms with E-state index in [1.807, 2.05) is 42.1 Å². The van der Waals surface area contributed by atoms with E-state index in [0.29, 0.717) is 29.8 Å². The Labute approximate surface area is 198 Å². The van der Waals surface area contributed by atoms with Crippen LogP contribution in [0.25, 0.3) is 17.2 Å². The summed E-state index contributed by atoms with van der Waals surface area (Å²) in [5.74, 6) is 2.73. The Morgan fingerprint density at radius 1 is 1.09 bits per heavy atom. The third kappa shape index (κ3) is 3.32. The van der Waals surface area contributed by atoms with Gasteiger partial charge in [0.25, 0.3) is 5.91 Å². The number of anilines is 1. The van der Waals surface area contributed by atoms with Crippen LogP contribution in [0.1, 0.15) is 71.7 Å². The van der Waals surface area contributed by atoms with E-state index in [1.54, 1.807) is 4.90 Å². The van der Waals surface area contributed by atoms with Crippen LogP contribution in [0, 0.1) is 13.8 Å². The van der Waals surface area contributed by atoms with Crippen LogP contribution in [0.4, 0.5) is 5.82 Å². The van der Waals surface area contributed by atoms with Crippen LogP contribution >= 0.6 is 0 Å². The van der Waals surface area contributed by atoms with E-state index in [2.05, 4.69) is 52.8 Å². The molecule has 8 heteroatoms. The Morgan fingerprint density at radius 3 is 2.68 bits per heavy atom. The Kier molecular flexibility index (Phi) is 4.65. The summed E-state index contributed by atoms with van der Waals surface area (Å²) in [5, 5.41) is 8.59. The van der Waals surface area contributed by atoms with E-state index in [4.69, 9.17) is 4.98 Å². The fourth-order valence-electron chi connectivity index (χ4n) is 4.86. The molecule has 2 aliphatic rings. The number of rotatable bonds is 5. The standard InChI is InChI=1S/C26H27N7O/c1-15(2)33-17(4)29-30-25(33)21-6-5-7-24(28-21)32-12-19-10-16(3)23(11-20(19)26(32)34)31-13-22(27-14-31)18-8-9-18/h5-7,10-11,13-15,18H,8-9,12H2,1-4H3. The summed E-state index contributed by atoms with van der Waals surface area (Å²) in [4.78, 5) is 24.6. The van der Waals surface area contributed by atoms with E-state index in [-0.39, 0.29) is 11.9 Å². The fraction of sp³-hybridized carbons (Fsp3) is 0.346. The molecule has 1 aliphatic carbocycles. The third-order valence-electron chi connectivity index (χ3n) is 6.72. The molecular formula is C26H27N7O. The molecule has 0 radical (unpaired) electrons. The molecule has 34 heavy (non-hydrogen) atoms. The smallest absolute Gasteiger partial charge is 0.260 e. The predicted octanol–water partition coefficient (Wildman–Crippen LogP) is 4.76. The number of amides is 1. The maximum Gasteiger partial charge on any atom is 0.260 e. The lowest BCUT2D eigenvalue weighted by molar-refractivity contribution is 0.0996. The van der Waals surface area contributed by atoms with Crippen molar-refractivity contribution in [3.8, 4) is 17.2 Å². The number of carbonyl (C=O) groups excluding carboxylic acids is 1. The van der Waals surface area contributed by atoms with Crippen molar-refractivity contribution in [1.82, 2.24) is 29.3 Å². The van der Waals surface area contributed by atoms with Gasteiger partial charge in [-0.2, -0.15) is 0 Å². The average molecular weight is 454 g/mol. The van der Waals surface area contributed by atoms with Gasteiger partial charge < -0.3 is 9.13 Å². The van der Waals surface area contributed by atoms with Crippen molar-refractivity contribution in [3.63, 3.8) is 0 Å². The van der Waals surface area contributed by atoms with Gasteiger partial charge in [0.2, 0.25) is 0 Å². The van der Waals surface area contributed by atoms with Gasteiger partial charge in [-0.3, -0.25) is 9.69 Å². The lowest BCUT2D eigenvalue weighted by atomic mass is 10.0. The first-order chi connectivity index (χ1) is 16.4. The molecule has 0 N–H and O–H groups in total. The highest BCUT2D eigenvalue weighted by molar-refractivity contribution is 6.10. The van der Waals surface area contributed by atoms with Crippen molar-refractivity contribution >= 4 is 11.7 Å². The highest BCUT2D eigenvalue weighted by Crippen LogP contribution is 2.39. The molecule has 1 amide bonds. The van der Waals surface area contributed by atoms with E-state index < -0.39 is 0 Å². The zero-order valence-corrected chi connectivity index (χ0v) is 19.9. The number of hydrogen-bond acceptors (Lipinski definition) is 5. The highest BCUT2D eigenvalue weighted by Gasteiger charge is 2.31. The lowest BCUT2D eigenvalue weighted by Crippen LogP contribution is -2.24. The van der Waals surface area contributed by atoms with Gasteiger partial charge in [-0.1, -0.05) is 12.1 Å². The number of pyridine rings is 1. The van der Waals surface area contributed by atoms with Crippen molar-refractivity contribution < 1.29 is 4.79 Å². The number of fused-ring (bicyclic) bond motifs is 1. The number of aromatic nitrogens is 6. The van der Waals surface area contributed by atoms with Gasteiger partial charge >= 0.3 is 0 Å². The first kappa shape index (κ1) is 20.8. The first-order valence-electron chi connectivity index (χ1n) is 11.8. The summed E-state index contributed by atoms with van der Waals surface area (Å²) in [6.07, 6.45) is 6.39. The normalized spacial score (nSPS) is 15.4. The zero-order chi connectivity index (χ0) is 23.6. The van der Waals surface area contributed by atoms with Gasteiger partial charge in [0.1, 0.15) is 17.3 Å². The molecule has 1 fully saturated rings. The molecule has 1 aliphatic heterocycles. The number of benzene rings is 1. The zero-order valence-electron chi connectivity index (χ0n) is 19.9. The summed E-state index contributed by atoms with van der Waals surface area (Å²) in [5.41, 5.74) is 5.69. The largest absolute Gasteiger partial charge is 0.307 e. The molecule has 0 saturated heterocycles. The van der Waals surface area contributed by atoms with Crippen LogP contribution in [-0.2, 0) is 6.54 Å². The molecule has 4 aromatic rings. The SMILES string of the molecule is Cc1cc2c(cc1-n1cnc(C3CC3)c1)C(=O)N(c1cccc(-c3nnc(C)n3C(C)C)n1)C2. The van der Waals surface area contributed by atoms with Crippen LogP contribution in [-0.4, -0.2) is 35.2 Å². The van der Waals surface area contributed by atoms with E-state index in [9.17, 15) is 4.79 Å². The molecule has 1 aromatic carbocycles. The molecule has 0 unspecified atom stereocenters. The second-order valence-electron chi connectivity index (χ2n) is 9.58. The summed E-state index contributed by atoms with van der Waals surface area (Å²) in [7, 11) is 0.